The van der Waals surface area contributed by atoms with E-state index < -0.39 is 5.41 Å². The van der Waals surface area contributed by atoms with Gasteiger partial charge in [0.2, 0.25) is 0 Å². The number of thiophene rings is 1. The van der Waals surface area contributed by atoms with Gasteiger partial charge in [-0.05, 0) is 62.7 Å². The Balaban J connectivity index is 1.14. The first-order chi connectivity index (χ1) is 33.7. The molecule has 1 aliphatic carbocycles. The van der Waals surface area contributed by atoms with Crippen LogP contribution in [0, 0.1) is 0 Å². The Kier molecular flexibility index (Phi) is 9.51. The summed E-state index contributed by atoms with van der Waals surface area (Å²) in [5.41, 5.74) is 14.8. The van der Waals surface area contributed by atoms with Crippen LogP contribution < -0.4 is 0 Å². The molecule has 0 saturated heterocycles. The number of aromatic nitrogens is 5. The van der Waals surface area contributed by atoms with E-state index in [-0.39, 0.29) is 0 Å². The van der Waals surface area contributed by atoms with Gasteiger partial charge in [0.25, 0.3) is 0 Å². The first-order valence-corrected chi connectivity index (χ1v) is 23.6. The molecule has 3 aromatic heterocycles. The fourth-order valence-corrected chi connectivity index (χ4v) is 11.3. The fourth-order valence-electron chi connectivity index (χ4n) is 10.1. The lowest BCUT2D eigenvalue weighted by molar-refractivity contribution is 0.768. The van der Waals surface area contributed by atoms with E-state index in [2.05, 4.69) is 212 Å². The molecule has 6 heteroatoms. The Morgan fingerprint density at radius 2 is 0.779 bits per heavy atom. The number of nitrogens with zero attached hydrogens (tertiary/aromatic N) is 5. The van der Waals surface area contributed by atoms with E-state index in [1.54, 1.807) is 11.3 Å². The predicted octanol–water partition coefficient (Wildman–Crippen LogP) is 15.4. The highest BCUT2D eigenvalue weighted by molar-refractivity contribution is 7.26. The van der Waals surface area contributed by atoms with Gasteiger partial charge in [-0.1, -0.05) is 218 Å². The lowest BCUT2D eigenvalue weighted by Crippen LogP contribution is -2.28. The lowest BCUT2D eigenvalue weighted by Gasteiger charge is -2.34. The van der Waals surface area contributed by atoms with Crippen molar-refractivity contribution in [1.82, 2.24) is 24.9 Å². The molecule has 0 N–H and O–H groups in total. The van der Waals surface area contributed by atoms with E-state index in [0.717, 1.165) is 81.6 Å². The third-order valence-electron chi connectivity index (χ3n) is 13.3. The van der Waals surface area contributed by atoms with Crippen LogP contribution in [0.5, 0.6) is 0 Å². The number of benzene rings is 9. The molecule has 1 aliphatic rings. The van der Waals surface area contributed by atoms with Crippen molar-refractivity contribution in [1.29, 1.82) is 0 Å². The molecule has 9 aromatic carbocycles. The molecule has 13 rings (SSSR count). The molecule has 318 valence electrons. The van der Waals surface area contributed by atoms with E-state index in [0.29, 0.717) is 23.3 Å². The highest BCUT2D eigenvalue weighted by Crippen LogP contribution is 2.58. The van der Waals surface area contributed by atoms with Gasteiger partial charge in [0.1, 0.15) is 0 Å². The first kappa shape index (κ1) is 39.6. The normalized spacial score (nSPS) is 12.5. The van der Waals surface area contributed by atoms with Gasteiger partial charge in [-0.2, -0.15) is 0 Å². The van der Waals surface area contributed by atoms with Crippen LogP contribution in [0.1, 0.15) is 22.3 Å². The molecule has 0 saturated carbocycles. The van der Waals surface area contributed by atoms with Gasteiger partial charge in [-0.3, -0.25) is 0 Å². The molecule has 3 heterocycles. The number of fused-ring (bicyclic) bond motifs is 6. The SMILES string of the molecule is c1ccc(-c2ccc(-c3nc(-c4ccccc4)nc(-c4cc5c(cc4-c4nc(-c6ccccc6)c6sc7ccccc7c6n4)C(c4ccccc4)(c4ccccc4)c4ccccc4-5)n3)cc2)cc1. The summed E-state index contributed by atoms with van der Waals surface area (Å²) in [5, 5.41) is 1.10. The maximum absolute atomic E-state index is 5.62. The highest BCUT2D eigenvalue weighted by Gasteiger charge is 2.47. The largest absolute Gasteiger partial charge is 0.226 e. The smallest absolute Gasteiger partial charge is 0.164 e. The molecule has 0 spiro atoms. The Morgan fingerprint density at radius 1 is 0.309 bits per heavy atom. The zero-order chi connectivity index (χ0) is 45.0. The van der Waals surface area contributed by atoms with Crippen molar-refractivity contribution in [2.24, 2.45) is 0 Å². The Hall–Kier alpha value is -8.71. The third kappa shape index (κ3) is 6.49. The molecule has 0 unspecified atom stereocenters. The second-order valence-electron chi connectivity index (χ2n) is 17.1. The zero-order valence-electron chi connectivity index (χ0n) is 36.7. The summed E-state index contributed by atoms with van der Waals surface area (Å²) in [6.07, 6.45) is 0. The molecule has 68 heavy (non-hydrogen) atoms. The van der Waals surface area contributed by atoms with Crippen molar-refractivity contribution in [3.05, 3.63) is 259 Å². The molecule has 5 nitrogen and oxygen atoms in total. The second-order valence-corrected chi connectivity index (χ2v) is 18.2. The highest BCUT2D eigenvalue weighted by atomic mass is 32.1. The average molecular weight is 886 g/mol. The van der Waals surface area contributed by atoms with Crippen LogP contribution in [-0.2, 0) is 5.41 Å². The van der Waals surface area contributed by atoms with Crippen LogP contribution in [0.25, 0.3) is 99.4 Å². The van der Waals surface area contributed by atoms with Crippen molar-refractivity contribution in [3.63, 3.8) is 0 Å². The number of hydrogen-bond acceptors (Lipinski definition) is 6. The third-order valence-corrected chi connectivity index (χ3v) is 14.4. The molecule has 0 atom stereocenters. The van der Waals surface area contributed by atoms with Gasteiger partial charge < -0.3 is 0 Å². The minimum absolute atomic E-state index is 0.535. The van der Waals surface area contributed by atoms with Crippen LogP contribution >= 0.6 is 11.3 Å². The van der Waals surface area contributed by atoms with Gasteiger partial charge in [0.15, 0.2) is 23.3 Å². The van der Waals surface area contributed by atoms with Gasteiger partial charge >= 0.3 is 0 Å². The van der Waals surface area contributed by atoms with Crippen LogP contribution in [0.15, 0.2) is 237 Å². The minimum atomic E-state index is -0.664. The Bertz CT molecular complexity index is 3780. The van der Waals surface area contributed by atoms with Crippen LogP contribution in [0.3, 0.4) is 0 Å². The molecular weight excluding hydrogens is 847 g/mol. The summed E-state index contributed by atoms with van der Waals surface area (Å²) in [4.78, 5) is 27.2. The quantitative estimate of drug-likeness (QED) is 0.152. The summed E-state index contributed by atoms with van der Waals surface area (Å²) in [7, 11) is 0. The molecule has 12 aromatic rings. The molecule has 0 bridgehead atoms. The van der Waals surface area contributed by atoms with Crippen LogP contribution in [-0.4, -0.2) is 24.9 Å². The van der Waals surface area contributed by atoms with Crippen LogP contribution in [0.2, 0.25) is 0 Å². The zero-order valence-corrected chi connectivity index (χ0v) is 37.5. The average Bonchev–Trinajstić information content (AvgIpc) is 3.95. The topological polar surface area (TPSA) is 64.5 Å². The van der Waals surface area contributed by atoms with E-state index in [4.69, 9.17) is 24.9 Å². The van der Waals surface area contributed by atoms with Gasteiger partial charge in [0, 0.05) is 37.9 Å². The number of hydrogen-bond donors (Lipinski definition) is 0. The molecule has 0 fully saturated rings. The van der Waals surface area contributed by atoms with Gasteiger partial charge in [-0.25, -0.2) is 24.9 Å². The summed E-state index contributed by atoms with van der Waals surface area (Å²) < 4.78 is 2.21. The van der Waals surface area contributed by atoms with Gasteiger partial charge in [0.05, 0.1) is 21.3 Å². The second kappa shape index (κ2) is 16.3. The van der Waals surface area contributed by atoms with E-state index in [1.165, 1.54) is 16.7 Å². The van der Waals surface area contributed by atoms with Crippen molar-refractivity contribution < 1.29 is 0 Å². The standard InChI is InChI=1S/C62H39N5S/c1-6-20-40(21-7-1)41-34-36-44(37-35-41)59-65-58(43-24-10-3-11-25-43)66-61(67-59)50-38-49-47-30-16-18-32-52(47)62(45-26-12-4-13-27-45,46-28-14-5-15-29-46)53(49)39-51(50)60-63-55(42-22-8-2-9-23-42)57-56(64-60)48-31-17-19-33-54(48)68-57/h1-39H. The van der Waals surface area contributed by atoms with E-state index >= 15 is 0 Å². The lowest BCUT2D eigenvalue weighted by atomic mass is 9.67. The van der Waals surface area contributed by atoms with Gasteiger partial charge in [-0.15, -0.1) is 11.3 Å². The van der Waals surface area contributed by atoms with Crippen molar-refractivity contribution in [2.45, 2.75) is 5.41 Å². The monoisotopic (exact) mass is 885 g/mol. The summed E-state index contributed by atoms with van der Waals surface area (Å²) >= 11 is 1.73. The Labute approximate surface area is 397 Å². The van der Waals surface area contributed by atoms with Crippen molar-refractivity contribution >= 4 is 31.6 Å². The molecular formula is C62H39N5S. The summed E-state index contributed by atoms with van der Waals surface area (Å²) in [6, 6.07) is 83.4. The molecule has 0 amide bonds. The fraction of sp³-hybridized carbons (Fsp3) is 0.0161. The first-order valence-electron chi connectivity index (χ1n) is 22.8. The number of rotatable bonds is 8. The van der Waals surface area contributed by atoms with Crippen molar-refractivity contribution in [3.8, 4) is 79.1 Å². The van der Waals surface area contributed by atoms with E-state index in [9.17, 15) is 0 Å². The minimum Gasteiger partial charge on any atom is -0.226 e. The maximum Gasteiger partial charge on any atom is 0.164 e. The molecule has 0 aliphatic heterocycles. The summed E-state index contributed by atoms with van der Waals surface area (Å²) in [5.74, 6) is 2.29. The Morgan fingerprint density at radius 3 is 1.44 bits per heavy atom. The van der Waals surface area contributed by atoms with E-state index in [1.807, 2.05) is 24.3 Å². The summed E-state index contributed by atoms with van der Waals surface area (Å²) in [6.45, 7) is 0. The maximum atomic E-state index is 5.62. The van der Waals surface area contributed by atoms with Crippen LogP contribution in [0.4, 0.5) is 0 Å². The molecule has 0 radical (unpaired) electrons. The predicted molar refractivity (Wildman–Crippen MR) is 278 cm³/mol. The van der Waals surface area contributed by atoms with Crippen molar-refractivity contribution in [2.75, 3.05) is 0 Å².